The molecule has 0 fully saturated rings. The third-order valence-corrected chi connectivity index (χ3v) is 2.25. The Balaban J connectivity index is 2.56. The lowest BCUT2D eigenvalue weighted by Crippen LogP contribution is -2.24. The number of benzene rings is 1. The quantitative estimate of drug-likeness (QED) is 0.600. The number of terminal acetylenes is 1. The van der Waals surface area contributed by atoms with Gasteiger partial charge in [0.2, 0.25) is 0 Å². The van der Waals surface area contributed by atoms with E-state index >= 15 is 0 Å². The summed E-state index contributed by atoms with van der Waals surface area (Å²) in [4.78, 5) is 11.5. The molecule has 0 aliphatic carbocycles. The summed E-state index contributed by atoms with van der Waals surface area (Å²) in [5.74, 6) is 2.07. The van der Waals surface area contributed by atoms with E-state index < -0.39 is 0 Å². The van der Waals surface area contributed by atoms with Gasteiger partial charge in [-0.3, -0.25) is 10.1 Å². The molecule has 0 aliphatic heterocycles. The lowest BCUT2D eigenvalue weighted by atomic mass is 10.0. The maximum absolute atomic E-state index is 13.0. The number of carbonyl (C=O) groups is 1. The molecule has 0 heterocycles. The van der Waals surface area contributed by atoms with Crippen molar-refractivity contribution in [3.8, 4) is 12.3 Å². The van der Waals surface area contributed by atoms with Gasteiger partial charge in [-0.05, 0) is 30.2 Å². The van der Waals surface area contributed by atoms with Gasteiger partial charge in [-0.1, -0.05) is 12.0 Å². The lowest BCUT2D eigenvalue weighted by Gasteiger charge is -2.05. The zero-order chi connectivity index (χ0) is 12.0. The van der Waals surface area contributed by atoms with E-state index in [4.69, 9.17) is 6.42 Å². The van der Waals surface area contributed by atoms with Gasteiger partial charge in [0.05, 0.1) is 13.1 Å². The van der Waals surface area contributed by atoms with Gasteiger partial charge >= 0.3 is 0 Å². The molecule has 0 spiro atoms. The van der Waals surface area contributed by atoms with Gasteiger partial charge in [-0.15, -0.1) is 6.42 Å². The zero-order valence-corrected chi connectivity index (χ0v) is 9.22. The molecular formula is C13H14FNO. The maximum Gasteiger partial charge on any atom is 0.151 e. The summed E-state index contributed by atoms with van der Waals surface area (Å²) in [5.41, 5.74) is 1.65. The first kappa shape index (κ1) is 12.4. The molecule has 1 N–H and O–H groups in total. The highest BCUT2D eigenvalue weighted by atomic mass is 19.1. The van der Waals surface area contributed by atoms with Crippen LogP contribution in [0.5, 0.6) is 0 Å². The molecule has 1 aromatic rings. The Labute approximate surface area is 94.9 Å². The predicted octanol–water partition coefficient (Wildman–Crippen LogP) is 1.47. The van der Waals surface area contributed by atoms with E-state index in [1.807, 2.05) is 6.92 Å². The average Bonchev–Trinajstić information content (AvgIpc) is 2.24. The summed E-state index contributed by atoms with van der Waals surface area (Å²) in [5, 5.41) is 2.81. The summed E-state index contributed by atoms with van der Waals surface area (Å²) < 4.78 is 13.0. The molecule has 3 heteroatoms. The Kier molecular flexibility index (Phi) is 4.68. The molecule has 0 saturated heterocycles. The van der Waals surface area contributed by atoms with Crippen molar-refractivity contribution in [1.29, 1.82) is 0 Å². The van der Waals surface area contributed by atoms with Gasteiger partial charge in [-0.2, -0.15) is 0 Å². The zero-order valence-electron chi connectivity index (χ0n) is 9.22. The number of carbonyl (C=O) groups excluding carboxylic acids is 1. The van der Waals surface area contributed by atoms with Gasteiger partial charge in [-0.25, -0.2) is 4.39 Å². The highest BCUT2D eigenvalue weighted by molar-refractivity contribution is 5.83. The van der Waals surface area contributed by atoms with E-state index in [0.717, 1.165) is 11.1 Å². The number of hydrogen-bond donors (Lipinski definition) is 1. The first-order chi connectivity index (χ1) is 7.63. The van der Waals surface area contributed by atoms with Crippen molar-refractivity contribution in [3.63, 3.8) is 0 Å². The van der Waals surface area contributed by atoms with Gasteiger partial charge in [0, 0.05) is 6.42 Å². The molecule has 0 aromatic heterocycles. The Bertz CT molecular complexity index is 420. The smallest absolute Gasteiger partial charge is 0.151 e. The molecule has 0 amide bonds. The van der Waals surface area contributed by atoms with E-state index in [1.54, 1.807) is 6.07 Å². The van der Waals surface area contributed by atoms with E-state index in [0.29, 0.717) is 6.54 Å². The van der Waals surface area contributed by atoms with E-state index in [1.165, 1.54) is 12.1 Å². The Morgan fingerprint density at radius 3 is 3.00 bits per heavy atom. The highest BCUT2D eigenvalue weighted by Crippen LogP contribution is 2.10. The molecule has 0 radical (unpaired) electrons. The molecule has 0 unspecified atom stereocenters. The van der Waals surface area contributed by atoms with Crippen LogP contribution in [0.25, 0.3) is 0 Å². The van der Waals surface area contributed by atoms with Gasteiger partial charge < -0.3 is 0 Å². The Hall–Kier alpha value is -1.66. The fourth-order valence-electron chi connectivity index (χ4n) is 1.38. The number of Topliss-reactive ketones (excluding diaryl/α,β-unsaturated/α-hetero) is 1. The third-order valence-electron chi connectivity index (χ3n) is 2.25. The second kappa shape index (κ2) is 6.04. The van der Waals surface area contributed by atoms with Crippen molar-refractivity contribution in [2.75, 3.05) is 13.1 Å². The largest absolute Gasteiger partial charge is 0.299 e. The van der Waals surface area contributed by atoms with E-state index in [2.05, 4.69) is 11.2 Å². The van der Waals surface area contributed by atoms with Crippen LogP contribution in [0.3, 0.4) is 0 Å². The fraction of sp³-hybridized carbons (Fsp3) is 0.308. The van der Waals surface area contributed by atoms with Crippen LogP contribution in [0.1, 0.15) is 11.1 Å². The Morgan fingerprint density at radius 1 is 1.56 bits per heavy atom. The summed E-state index contributed by atoms with van der Waals surface area (Å²) in [6.45, 7) is 2.45. The van der Waals surface area contributed by atoms with Crippen molar-refractivity contribution < 1.29 is 9.18 Å². The second-order valence-electron chi connectivity index (χ2n) is 3.59. The summed E-state index contributed by atoms with van der Waals surface area (Å²) in [7, 11) is 0. The van der Waals surface area contributed by atoms with E-state index in [-0.39, 0.29) is 24.6 Å². The maximum atomic E-state index is 13.0. The molecule has 1 aromatic carbocycles. The SMILES string of the molecule is C#CCNCC(=O)Cc1cc(F)ccc1C. The molecule has 0 bridgehead atoms. The van der Waals surface area contributed by atoms with Crippen LogP contribution < -0.4 is 5.32 Å². The first-order valence-electron chi connectivity index (χ1n) is 5.04. The van der Waals surface area contributed by atoms with Crippen LogP contribution in [0.15, 0.2) is 18.2 Å². The molecule has 0 aliphatic rings. The van der Waals surface area contributed by atoms with Crippen LogP contribution in [0.4, 0.5) is 4.39 Å². The normalized spacial score (nSPS) is 9.81. The minimum absolute atomic E-state index is 0.00366. The van der Waals surface area contributed by atoms with Crippen molar-refractivity contribution in [2.24, 2.45) is 0 Å². The number of halogens is 1. The van der Waals surface area contributed by atoms with Gasteiger partial charge in [0.25, 0.3) is 0 Å². The molecule has 16 heavy (non-hydrogen) atoms. The van der Waals surface area contributed by atoms with Crippen molar-refractivity contribution in [3.05, 3.63) is 35.1 Å². The number of ketones is 1. The van der Waals surface area contributed by atoms with Crippen LogP contribution in [-0.2, 0) is 11.2 Å². The summed E-state index contributed by atoms with van der Waals surface area (Å²) in [6, 6.07) is 4.46. The molecule has 84 valence electrons. The lowest BCUT2D eigenvalue weighted by molar-refractivity contribution is -0.117. The molecule has 0 saturated carbocycles. The fourth-order valence-corrected chi connectivity index (χ4v) is 1.38. The van der Waals surface area contributed by atoms with Crippen LogP contribution in [-0.4, -0.2) is 18.9 Å². The van der Waals surface area contributed by atoms with Gasteiger partial charge in [0.1, 0.15) is 5.82 Å². The van der Waals surface area contributed by atoms with Gasteiger partial charge in [0.15, 0.2) is 5.78 Å². The molecular weight excluding hydrogens is 205 g/mol. The topological polar surface area (TPSA) is 29.1 Å². The molecule has 2 nitrogen and oxygen atoms in total. The average molecular weight is 219 g/mol. The molecule has 0 atom stereocenters. The number of hydrogen-bond acceptors (Lipinski definition) is 2. The minimum atomic E-state index is -0.315. The monoisotopic (exact) mass is 219 g/mol. The van der Waals surface area contributed by atoms with Crippen molar-refractivity contribution >= 4 is 5.78 Å². The minimum Gasteiger partial charge on any atom is -0.299 e. The van der Waals surface area contributed by atoms with Crippen LogP contribution in [0.2, 0.25) is 0 Å². The third kappa shape index (κ3) is 3.84. The van der Waals surface area contributed by atoms with E-state index in [9.17, 15) is 9.18 Å². The Morgan fingerprint density at radius 2 is 2.31 bits per heavy atom. The highest BCUT2D eigenvalue weighted by Gasteiger charge is 2.06. The van der Waals surface area contributed by atoms with Crippen molar-refractivity contribution in [1.82, 2.24) is 5.32 Å². The number of rotatable bonds is 5. The summed E-state index contributed by atoms with van der Waals surface area (Å²) >= 11 is 0. The standard InChI is InChI=1S/C13H14FNO/c1-3-6-15-9-13(16)8-11-7-12(14)5-4-10(11)2/h1,4-5,7,15H,6,8-9H2,2H3. The van der Waals surface area contributed by atoms with Crippen molar-refractivity contribution in [2.45, 2.75) is 13.3 Å². The first-order valence-corrected chi connectivity index (χ1v) is 5.04. The number of aryl methyl sites for hydroxylation is 1. The van der Waals surface area contributed by atoms with Crippen LogP contribution >= 0.6 is 0 Å². The summed E-state index contributed by atoms with van der Waals surface area (Å²) in [6.07, 6.45) is 5.28. The predicted molar refractivity (Wildman–Crippen MR) is 61.6 cm³/mol. The number of nitrogens with one attached hydrogen (secondary N) is 1. The second-order valence-corrected chi connectivity index (χ2v) is 3.59. The molecule has 1 rings (SSSR count). The van der Waals surface area contributed by atoms with Crippen LogP contribution in [0, 0.1) is 25.1 Å².